The molecule has 108 valence electrons. The molecule has 2 heterocycles. The van der Waals surface area contributed by atoms with Gasteiger partial charge in [0.1, 0.15) is 0 Å². The predicted molar refractivity (Wildman–Crippen MR) is 81.8 cm³/mol. The topological polar surface area (TPSA) is 49.6 Å². The molecule has 1 fully saturated rings. The Hall–Kier alpha value is -1.71. The van der Waals surface area contributed by atoms with Gasteiger partial charge in [0, 0.05) is 31.0 Å². The molecule has 20 heavy (non-hydrogen) atoms. The van der Waals surface area contributed by atoms with E-state index in [-0.39, 0.29) is 5.91 Å². The van der Waals surface area contributed by atoms with E-state index in [2.05, 4.69) is 11.0 Å². The minimum absolute atomic E-state index is 0.264. The van der Waals surface area contributed by atoms with Gasteiger partial charge in [0.05, 0.1) is 6.54 Å². The highest BCUT2D eigenvalue weighted by molar-refractivity contribution is 5.82. The average molecular weight is 273 g/mol. The number of amides is 1. The number of carbonyl (C=O) groups excluding carboxylic acids is 1. The van der Waals surface area contributed by atoms with Gasteiger partial charge in [-0.3, -0.25) is 4.79 Å². The van der Waals surface area contributed by atoms with Crippen LogP contribution in [0.1, 0.15) is 31.2 Å². The number of nitrogens with two attached hydrogens (primary N) is 1. The summed E-state index contributed by atoms with van der Waals surface area (Å²) in [6.07, 6.45) is 5.76. The lowest BCUT2D eigenvalue weighted by molar-refractivity contribution is -0.130. The summed E-state index contributed by atoms with van der Waals surface area (Å²) in [7, 11) is 0. The van der Waals surface area contributed by atoms with Crippen molar-refractivity contribution in [3.63, 3.8) is 0 Å². The number of hydrogen-bond acceptors (Lipinski definition) is 3. The number of anilines is 2. The SMILES string of the molecule is Nc1ccc2c(c1)N(CC(=O)N1CCCCC1)CCC2. The fourth-order valence-electron chi connectivity index (χ4n) is 3.24. The monoisotopic (exact) mass is 273 g/mol. The van der Waals surface area contributed by atoms with Crippen molar-refractivity contribution in [2.45, 2.75) is 32.1 Å². The molecule has 1 aromatic rings. The number of rotatable bonds is 2. The molecule has 4 heteroatoms. The first kappa shape index (κ1) is 13.3. The summed E-state index contributed by atoms with van der Waals surface area (Å²) in [4.78, 5) is 16.6. The quantitative estimate of drug-likeness (QED) is 0.839. The molecule has 1 saturated heterocycles. The third kappa shape index (κ3) is 2.74. The average Bonchev–Trinajstić information content (AvgIpc) is 2.49. The van der Waals surface area contributed by atoms with Gasteiger partial charge in [0.25, 0.3) is 0 Å². The lowest BCUT2D eigenvalue weighted by atomic mass is 10.0. The zero-order valence-electron chi connectivity index (χ0n) is 12.0. The Morgan fingerprint density at radius 1 is 1.10 bits per heavy atom. The minimum atomic E-state index is 0.264. The van der Waals surface area contributed by atoms with Gasteiger partial charge in [-0.25, -0.2) is 0 Å². The predicted octanol–water partition coefficient (Wildman–Crippen LogP) is 2.03. The smallest absolute Gasteiger partial charge is 0.242 e. The third-order valence-corrected chi connectivity index (χ3v) is 4.36. The number of nitrogens with zero attached hydrogens (tertiary/aromatic N) is 2. The van der Waals surface area contributed by atoms with E-state index in [4.69, 9.17) is 5.73 Å². The lowest BCUT2D eigenvalue weighted by Gasteiger charge is -2.34. The van der Waals surface area contributed by atoms with Gasteiger partial charge in [-0.15, -0.1) is 0 Å². The second-order valence-corrected chi connectivity index (χ2v) is 5.85. The molecule has 0 radical (unpaired) electrons. The van der Waals surface area contributed by atoms with E-state index in [1.54, 1.807) is 0 Å². The maximum Gasteiger partial charge on any atom is 0.242 e. The van der Waals surface area contributed by atoms with Crippen LogP contribution in [-0.2, 0) is 11.2 Å². The molecular formula is C16H23N3O. The first-order chi connectivity index (χ1) is 9.74. The van der Waals surface area contributed by atoms with Gasteiger partial charge in [-0.1, -0.05) is 6.07 Å². The van der Waals surface area contributed by atoms with E-state index in [1.165, 1.54) is 12.0 Å². The van der Waals surface area contributed by atoms with Gasteiger partial charge in [-0.2, -0.15) is 0 Å². The van der Waals surface area contributed by atoms with Crippen LogP contribution < -0.4 is 10.6 Å². The second-order valence-electron chi connectivity index (χ2n) is 5.85. The van der Waals surface area contributed by atoms with Crippen LogP contribution in [0.25, 0.3) is 0 Å². The van der Waals surface area contributed by atoms with Gasteiger partial charge in [0.2, 0.25) is 5.91 Å². The molecule has 2 aliphatic heterocycles. The summed E-state index contributed by atoms with van der Waals surface area (Å²) in [5, 5.41) is 0. The molecule has 0 unspecified atom stereocenters. The summed E-state index contributed by atoms with van der Waals surface area (Å²) >= 11 is 0. The number of benzene rings is 1. The number of carbonyl (C=O) groups is 1. The molecule has 1 amide bonds. The number of piperidine rings is 1. The fraction of sp³-hybridized carbons (Fsp3) is 0.562. The van der Waals surface area contributed by atoms with Gasteiger partial charge < -0.3 is 15.5 Å². The summed E-state index contributed by atoms with van der Waals surface area (Å²) in [6.45, 7) is 3.30. The first-order valence-electron chi connectivity index (χ1n) is 7.65. The lowest BCUT2D eigenvalue weighted by Crippen LogP contribution is -2.44. The van der Waals surface area contributed by atoms with Crippen molar-refractivity contribution in [3.05, 3.63) is 23.8 Å². The van der Waals surface area contributed by atoms with Crippen molar-refractivity contribution in [2.75, 3.05) is 36.8 Å². The molecule has 2 N–H and O–H groups in total. The fourth-order valence-corrected chi connectivity index (χ4v) is 3.24. The Balaban J connectivity index is 1.72. The molecule has 4 nitrogen and oxygen atoms in total. The standard InChI is InChI=1S/C16H23N3O/c17-14-7-6-13-5-4-10-19(15(13)11-14)12-16(20)18-8-2-1-3-9-18/h6-7,11H,1-5,8-10,12,17H2. The Labute approximate surface area is 120 Å². The van der Waals surface area contributed by atoms with E-state index in [0.717, 1.165) is 56.7 Å². The van der Waals surface area contributed by atoms with E-state index >= 15 is 0 Å². The van der Waals surface area contributed by atoms with Crippen molar-refractivity contribution >= 4 is 17.3 Å². The van der Waals surface area contributed by atoms with Crippen LogP contribution in [0.15, 0.2) is 18.2 Å². The molecule has 0 atom stereocenters. The largest absolute Gasteiger partial charge is 0.399 e. The zero-order chi connectivity index (χ0) is 13.9. The van der Waals surface area contributed by atoms with E-state index in [9.17, 15) is 4.79 Å². The number of nitrogen functional groups attached to an aromatic ring is 1. The zero-order valence-corrected chi connectivity index (χ0v) is 12.0. The van der Waals surface area contributed by atoms with Crippen LogP contribution in [-0.4, -0.2) is 37.0 Å². The number of aryl methyl sites for hydroxylation is 1. The van der Waals surface area contributed by atoms with E-state index in [0.29, 0.717) is 6.54 Å². The summed E-state index contributed by atoms with van der Waals surface area (Å²) in [5.74, 6) is 0.264. The summed E-state index contributed by atoms with van der Waals surface area (Å²) < 4.78 is 0. The third-order valence-electron chi connectivity index (χ3n) is 4.36. The molecule has 2 aliphatic rings. The Morgan fingerprint density at radius 2 is 1.90 bits per heavy atom. The van der Waals surface area contributed by atoms with Gasteiger partial charge >= 0.3 is 0 Å². The molecule has 0 saturated carbocycles. The number of fused-ring (bicyclic) bond motifs is 1. The van der Waals surface area contributed by atoms with Crippen LogP contribution in [0.4, 0.5) is 11.4 Å². The minimum Gasteiger partial charge on any atom is -0.399 e. The Bertz CT molecular complexity index is 494. The van der Waals surface area contributed by atoms with Crippen LogP contribution in [0.3, 0.4) is 0 Å². The Kier molecular flexibility index (Phi) is 3.81. The molecule has 0 aromatic heterocycles. The normalized spacial score (nSPS) is 18.8. The maximum atomic E-state index is 12.4. The molecule has 0 aliphatic carbocycles. The molecule has 3 rings (SSSR count). The highest BCUT2D eigenvalue weighted by Crippen LogP contribution is 2.29. The van der Waals surface area contributed by atoms with Gasteiger partial charge in [0.15, 0.2) is 0 Å². The highest BCUT2D eigenvalue weighted by Gasteiger charge is 2.23. The molecule has 1 aromatic carbocycles. The van der Waals surface area contributed by atoms with E-state index in [1.807, 2.05) is 17.0 Å². The van der Waals surface area contributed by atoms with Gasteiger partial charge in [-0.05, 0) is 49.8 Å². The highest BCUT2D eigenvalue weighted by atomic mass is 16.2. The van der Waals surface area contributed by atoms with E-state index < -0.39 is 0 Å². The van der Waals surface area contributed by atoms with Crippen LogP contribution >= 0.6 is 0 Å². The van der Waals surface area contributed by atoms with Crippen molar-refractivity contribution in [3.8, 4) is 0 Å². The van der Waals surface area contributed by atoms with Crippen molar-refractivity contribution < 1.29 is 4.79 Å². The van der Waals surface area contributed by atoms with Crippen molar-refractivity contribution in [1.29, 1.82) is 0 Å². The molecule has 0 bridgehead atoms. The molecular weight excluding hydrogens is 250 g/mol. The summed E-state index contributed by atoms with van der Waals surface area (Å²) in [6, 6.07) is 6.06. The van der Waals surface area contributed by atoms with Crippen LogP contribution in [0.5, 0.6) is 0 Å². The number of likely N-dealkylation sites (tertiary alicyclic amines) is 1. The summed E-state index contributed by atoms with van der Waals surface area (Å²) in [5.41, 5.74) is 9.15. The molecule has 0 spiro atoms. The second kappa shape index (κ2) is 5.73. The van der Waals surface area contributed by atoms with Crippen molar-refractivity contribution in [2.24, 2.45) is 0 Å². The first-order valence-corrected chi connectivity index (χ1v) is 7.65. The number of hydrogen-bond donors (Lipinski definition) is 1. The van der Waals surface area contributed by atoms with Crippen LogP contribution in [0.2, 0.25) is 0 Å². The van der Waals surface area contributed by atoms with Crippen molar-refractivity contribution in [1.82, 2.24) is 4.90 Å². The Morgan fingerprint density at radius 3 is 2.70 bits per heavy atom. The van der Waals surface area contributed by atoms with Crippen LogP contribution in [0, 0.1) is 0 Å². The maximum absolute atomic E-state index is 12.4.